The molecule has 1 aromatic carbocycles. The quantitative estimate of drug-likeness (QED) is 0.830. The van der Waals surface area contributed by atoms with E-state index in [-0.39, 0.29) is 33.5 Å². The molecular weight excluding hydrogens is 349 g/mol. The van der Waals surface area contributed by atoms with Gasteiger partial charge in [-0.3, -0.25) is 0 Å². The van der Waals surface area contributed by atoms with Gasteiger partial charge >= 0.3 is 5.51 Å². The summed E-state index contributed by atoms with van der Waals surface area (Å²) >= 11 is -0.265. The average Bonchev–Trinajstić information content (AvgIpc) is 2.46. The second-order valence-electron chi connectivity index (χ2n) is 5.64. The van der Waals surface area contributed by atoms with Gasteiger partial charge in [-0.25, -0.2) is 8.42 Å². The molecule has 0 radical (unpaired) electrons. The Labute approximate surface area is 138 Å². The van der Waals surface area contributed by atoms with Crippen LogP contribution >= 0.6 is 11.8 Å². The van der Waals surface area contributed by atoms with Gasteiger partial charge in [0.05, 0.1) is 4.90 Å². The first-order valence-electron chi connectivity index (χ1n) is 7.21. The van der Waals surface area contributed by atoms with Gasteiger partial charge in [0.15, 0.2) is 0 Å². The molecule has 1 heterocycles. The number of hydrogen-bond acceptors (Lipinski definition) is 4. The third-order valence-corrected chi connectivity index (χ3v) is 6.48. The fourth-order valence-corrected chi connectivity index (χ4v) is 4.66. The minimum absolute atomic E-state index is 0.00866. The second-order valence-corrected chi connectivity index (χ2v) is 8.72. The predicted octanol–water partition coefficient (Wildman–Crippen LogP) is 3.05. The minimum atomic E-state index is -4.39. The van der Waals surface area contributed by atoms with E-state index in [0.717, 1.165) is 12.8 Å². The van der Waals surface area contributed by atoms with E-state index in [4.69, 9.17) is 5.73 Å². The fraction of sp³-hybridized carbons (Fsp3) is 0.571. The van der Waals surface area contributed by atoms with Gasteiger partial charge in [0.2, 0.25) is 10.0 Å². The number of benzene rings is 1. The zero-order valence-corrected chi connectivity index (χ0v) is 14.2. The molecule has 1 saturated heterocycles. The van der Waals surface area contributed by atoms with Crippen molar-refractivity contribution in [3.8, 4) is 0 Å². The summed E-state index contributed by atoms with van der Waals surface area (Å²) in [4.78, 5) is -0.0297. The third-order valence-electron chi connectivity index (χ3n) is 3.86. The van der Waals surface area contributed by atoms with Crippen molar-refractivity contribution in [1.82, 2.24) is 4.31 Å². The Kier molecular flexibility index (Phi) is 5.65. The molecule has 0 aliphatic carbocycles. The molecule has 0 aromatic heterocycles. The third kappa shape index (κ3) is 4.85. The molecule has 130 valence electrons. The van der Waals surface area contributed by atoms with Crippen molar-refractivity contribution in [2.24, 2.45) is 11.7 Å². The highest BCUT2D eigenvalue weighted by Gasteiger charge is 2.32. The van der Waals surface area contributed by atoms with Crippen LogP contribution in [-0.2, 0) is 10.0 Å². The Balaban J connectivity index is 2.16. The Morgan fingerprint density at radius 2 is 1.91 bits per heavy atom. The Morgan fingerprint density at radius 3 is 2.43 bits per heavy atom. The van der Waals surface area contributed by atoms with Gasteiger partial charge in [-0.05, 0) is 61.7 Å². The molecule has 2 atom stereocenters. The summed E-state index contributed by atoms with van der Waals surface area (Å²) in [6.07, 6.45) is 1.61. The molecular formula is C14H19F3N2O2S2. The monoisotopic (exact) mass is 368 g/mol. The summed E-state index contributed by atoms with van der Waals surface area (Å²) in [6, 6.07) is 4.70. The van der Waals surface area contributed by atoms with Gasteiger partial charge in [0, 0.05) is 24.0 Å². The lowest BCUT2D eigenvalue weighted by Gasteiger charge is -2.33. The average molecular weight is 368 g/mol. The first-order valence-corrected chi connectivity index (χ1v) is 9.47. The van der Waals surface area contributed by atoms with E-state index in [1.54, 1.807) is 0 Å². The number of rotatable bonds is 4. The van der Waals surface area contributed by atoms with E-state index >= 15 is 0 Å². The molecule has 0 spiro atoms. The molecule has 1 fully saturated rings. The number of hydrogen-bond donors (Lipinski definition) is 1. The molecule has 2 rings (SSSR count). The Morgan fingerprint density at radius 1 is 1.30 bits per heavy atom. The lowest BCUT2D eigenvalue weighted by atomic mass is 9.93. The number of sulfonamides is 1. The van der Waals surface area contributed by atoms with Crippen LogP contribution in [0, 0.1) is 5.92 Å². The number of alkyl halides is 3. The molecule has 1 aromatic rings. The summed E-state index contributed by atoms with van der Waals surface area (Å²) in [7, 11) is -3.70. The molecule has 2 unspecified atom stereocenters. The maximum absolute atomic E-state index is 12.6. The van der Waals surface area contributed by atoms with E-state index in [9.17, 15) is 21.6 Å². The van der Waals surface area contributed by atoms with E-state index in [1.807, 2.05) is 6.92 Å². The van der Waals surface area contributed by atoms with Crippen molar-refractivity contribution in [3.63, 3.8) is 0 Å². The number of halogens is 3. The summed E-state index contributed by atoms with van der Waals surface area (Å²) < 4.78 is 63.5. The highest BCUT2D eigenvalue weighted by atomic mass is 32.2. The Bertz CT molecular complexity index is 630. The smallest absolute Gasteiger partial charge is 0.328 e. The number of nitrogens with zero attached hydrogens (tertiary/aromatic N) is 1. The van der Waals surface area contributed by atoms with Crippen molar-refractivity contribution in [2.75, 3.05) is 13.1 Å². The molecule has 1 aliphatic rings. The van der Waals surface area contributed by atoms with Gasteiger partial charge in [-0.1, -0.05) is 0 Å². The van der Waals surface area contributed by atoms with Crippen LogP contribution in [0.5, 0.6) is 0 Å². The SMILES string of the molecule is CC(N)C1CCCN(S(=O)(=O)c2ccc(SC(F)(F)F)cc2)C1. The summed E-state index contributed by atoms with van der Waals surface area (Å²) in [5.41, 5.74) is 1.47. The molecule has 2 N–H and O–H groups in total. The van der Waals surface area contributed by atoms with E-state index < -0.39 is 15.5 Å². The number of nitrogens with two attached hydrogens (primary N) is 1. The Hall–Kier alpha value is -0.770. The first kappa shape index (κ1) is 18.6. The van der Waals surface area contributed by atoms with Crippen LogP contribution in [-0.4, -0.2) is 37.4 Å². The van der Waals surface area contributed by atoms with Crippen LogP contribution in [0.15, 0.2) is 34.1 Å². The van der Waals surface area contributed by atoms with Crippen LogP contribution in [0.1, 0.15) is 19.8 Å². The van der Waals surface area contributed by atoms with Crippen LogP contribution in [0.2, 0.25) is 0 Å². The van der Waals surface area contributed by atoms with Crippen molar-refractivity contribution in [1.29, 1.82) is 0 Å². The number of thioether (sulfide) groups is 1. The molecule has 0 saturated carbocycles. The summed E-state index contributed by atoms with van der Waals surface area (Å²) in [6.45, 7) is 2.60. The minimum Gasteiger partial charge on any atom is -0.328 e. The zero-order valence-electron chi connectivity index (χ0n) is 12.6. The summed E-state index contributed by atoms with van der Waals surface area (Å²) in [5.74, 6) is 0.0959. The summed E-state index contributed by atoms with van der Waals surface area (Å²) in [5, 5.41) is 0. The largest absolute Gasteiger partial charge is 0.446 e. The van der Waals surface area contributed by atoms with Crippen molar-refractivity contribution in [3.05, 3.63) is 24.3 Å². The molecule has 0 bridgehead atoms. The zero-order chi connectivity index (χ0) is 17.3. The fourth-order valence-electron chi connectivity index (χ4n) is 2.58. The van der Waals surface area contributed by atoms with Crippen LogP contribution in [0.4, 0.5) is 13.2 Å². The lowest BCUT2D eigenvalue weighted by molar-refractivity contribution is -0.0328. The molecule has 4 nitrogen and oxygen atoms in total. The number of piperidine rings is 1. The van der Waals surface area contributed by atoms with E-state index in [0.29, 0.717) is 13.1 Å². The maximum Gasteiger partial charge on any atom is 0.446 e. The second kappa shape index (κ2) is 7.00. The van der Waals surface area contributed by atoms with E-state index in [1.165, 1.54) is 28.6 Å². The van der Waals surface area contributed by atoms with Crippen LogP contribution < -0.4 is 5.73 Å². The molecule has 1 aliphatic heterocycles. The maximum atomic E-state index is 12.6. The normalized spacial score (nSPS) is 22.0. The molecule has 0 amide bonds. The highest BCUT2D eigenvalue weighted by Crippen LogP contribution is 2.37. The van der Waals surface area contributed by atoms with Crippen LogP contribution in [0.25, 0.3) is 0 Å². The lowest BCUT2D eigenvalue weighted by Crippen LogP contribution is -2.44. The van der Waals surface area contributed by atoms with Gasteiger partial charge in [0.1, 0.15) is 0 Å². The van der Waals surface area contributed by atoms with Crippen molar-refractivity contribution in [2.45, 2.75) is 41.1 Å². The van der Waals surface area contributed by atoms with Crippen LogP contribution in [0.3, 0.4) is 0 Å². The van der Waals surface area contributed by atoms with E-state index in [2.05, 4.69) is 0 Å². The highest BCUT2D eigenvalue weighted by molar-refractivity contribution is 8.00. The van der Waals surface area contributed by atoms with Gasteiger partial charge < -0.3 is 5.73 Å². The van der Waals surface area contributed by atoms with Crippen molar-refractivity contribution < 1.29 is 21.6 Å². The predicted molar refractivity (Wildman–Crippen MR) is 83.5 cm³/mol. The molecule has 9 heteroatoms. The van der Waals surface area contributed by atoms with Gasteiger partial charge in [-0.15, -0.1) is 0 Å². The van der Waals surface area contributed by atoms with Gasteiger partial charge in [-0.2, -0.15) is 17.5 Å². The topological polar surface area (TPSA) is 63.4 Å². The molecule has 23 heavy (non-hydrogen) atoms. The first-order chi connectivity index (χ1) is 10.6. The van der Waals surface area contributed by atoms with Gasteiger partial charge in [0.25, 0.3) is 0 Å². The standard InChI is InChI=1S/C14H19F3N2O2S2/c1-10(18)11-3-2-8-19(9-11)23(20,21)13-6-4-12(5-7-13)22-14(15,16)17/h4-7,10-11H,2-3,8-9,18H2,1H3. The van der Waals surface area contributed by atoms with Crippen molar-refractivity contribution >= 4 is 21.8 Å².